The van der Waals surface area contributed by atoms with Crippen LogP contribution in [0, 0.1) is 0 Å². The largest absolute Gasteiger partial charge is 0.497 e. The van der Waals surface area contributed by atoms with Gasteiger partial charge in [-0.2, -0.15) is 0 Å². The van der Waals surface area contributed by atoms with Crippen LogP contribution in [0.4, 0.5) is 5.69 Å². The topological polar surface area (TPSA) is 30.5 Å². The molecule has 0 saturated carbocycles. The van der Waals surface area contributed by atoms with Gasteiger partial charge in [-0.05, 0) is 42.0 Å². The lowest BCUT2D eigenvalue weighted by atomic mass is 10.2. The maximum Gasteiger partial charge on any atom is 0.119 e. The van der Waals surface area contributed by atoms with E-state index in [9.17, 15) is 0 Å². The van der Waals surface area contributed by atoms with Gasteiger partial charge in [0.2, 0.25) is 0 Å². The van der Waals surface area contributed by atoms with Crippen molar-refractivity contribution in [2.24, 2.45) is 0 Å². The van der Waals surface area contributed by atoms with Crippen LogP contribution < -0.4 is 14.8 Å². The summed E-state index contributed by atoms with van der Waals surface area (Å²) in [6.07, 6.45) is 0. The SMILES string of the molecule is CNc1ccc(OCc2cccc(OC)c2)cc1. The first-order chi connectivity index (χ1) is 8.81. The van der Waals surface area contributed by atoms with Crippen LogP contribution in [0.3, 0.4) is 0 Å². The molecule has 0 unspecified atom stereocenters. The Morgan fingerprint density at radius 3 is 2.44 bits per heavy atom. The lowest BCUT2D eigenvalue weighted by Gasteiger charge is -2.08. The molecular formula is C15H17NO2. The summed E-state index contributed by atoms with van der Waals surface area (Å²) in [6, 6.07) is 15.7. The number of nitrogens with one attached hydrogen (secondary N) is 1. The van der Waals surface area contributed by atoms with Gasteiger partial charge in [-0.3, -0.25) is 0 Å². The predicted octanol–water partition coefficient (Wildman–Crippen LogP) is 3.32. The summed E-state index contributed by atoms with van der Waals surface area (Å²) in [5, 5.41) is 3.07. The van der Waals surface area contributed by atoms with Crippen LogP contribution in [0.1, 0.15) is 5.56 Å². The van der Waals surface area contributed by atoms with E-state index in [0.29, 0.717) is 6.61 Å². The summed E-state index contributed by atoms with van der Waals surface area (Å²) in [4.78, 5) is 0. The Labute approximate surface area is 107 Å². The van der Waals surface area contributed by atoms with E-state index >= 15 is 0 Å². The molecule has 0 bridgehead atoms. The summed E-state index contributed by atoms with van der Waals surface area (Å²) in [7, 11) is 3.56. The third kappa shape index (κ3) is 3.17. The molecule has 94 valence electrons. The van der Waals surface area contributed by atoms with E-state index in [1.54, 1.807) is 7.11 Å². The smallest absolute Gasteiger partial charge is 0.119 e. The fourth-order valence-electron chi connectivity index (χ4n) is 1.65. The molecule has 0 saturated heterocycles. The number of benzene rings is 2. The minimum Gasteiger partial charge on any atom is -0.497 e. The zero-order valence-electron chi connectivity index (χ0n) is 10.6. The average molecular weight is 243 g/mol. The van der Waals surface area contributed by atoms with Gasteiger partial charge in [0, 0.05) is 12.7 Å². The molecule has 2 aromatic carbocycles. The lowest BCUT2D eigenvalue weighted by molar-refractivity contribution is 0.305. The lowest BCUT2D eigenvalue weighted by Crippen LogP contribution is -1.96. The summed E-state index contributed by atoms with van der Waals surface area (Å²) < 4.78 is 10.9. The summed E-state index contributed by atoms with van der Waals surface area (Å²) in [5.74, 6) is 1.71. The second-order valence-corrected chi connectivity index (χ2v) is 3.91. The molecule has 0 spiro atoms. The molecule has 2 aromatic rings. The van der Waals surface area contributed by atoms with E-state index < -0.39 is 0 Å². The van der Waals surface area contributed by atoms with Crippen molar-refractivity contribution in [2.75, 3.05) is 19.5 Å². The Morgan fingerprint density at radius 1 is 1.00 bits per heavy atom. The second kappa shape index (κ2) is 5.96. The number of hydrogen-bond donors (Lipinski definition) is 1. The Kier molecular flexibility index (Phi) is 4.07. The van der Waals surface area contributed by atoms with Crippen molar-refractivity contribution in [1.29, 1.82) is 0 Å². The normalized spacial score (nSPS) is 9.89. The molecule has 0 fully saturated rings. The molecule has 0 atom stereocenters. The fraction of sp³-hybridized carbons (Fsp3) is 0.200. The number of ether oxygens (including phenoxy) is 2. The van der Waals surface area contributed by atoms with Crippen LogP contribution in [0.15, 0.2) is 48.5 Å². The third-order valence-electron chi connectivity index (χ3n) is 2.68. The van der Waals surface area contributed by atoms with Crippen LogP contribution in [0.25, 0.3) is 0 Å². The molecule has 0 heterocycles. The van der Waals surface area contributed by atoms with Gasteiger partial charge < -0.3 is 14.8 Å². The van der Waals surface area contributed by atoms with E-state index in [1.807, 2.05) is 55.6 Å². The summed E-state index contributed by atoms with van der Waals surface area (Å²) in [5.41, 5.74) is 2.16. The average Bonchev–Trinajstić information content (AvgIpc) is 2.46. The first-order valence-electron chi connectivity index (χ1n) is 5.85. The Morgan fingerprint density at radius 2 is 1.78 bits per heavy atom. The van der Waals surface area contributed by atoms with Crippen LogP contribution >= 0.6 is 0 Å². The molecule has 3 nitrogen and oxygen atoms in total. The highest BCUT2D eigenvalue weighted by Gasteiger charge is 1.98. The van der Waals surface area contributed by atoms with Crippen molar-refractivity contribution in [3.63, 3.8) is 0 Å². The maximum absolute atomic E-state index is 5.71. The fourth-order valence-corrected chi connectivity index (χ4v) is 1.65. The van der Waals surface area contributed by atoms with Gasteiger partial charge in [-0.1, -0.05) is 12.1 Å². The van der Waals surface area contributed by atoms with Gasteiger partial charge in [-0.25, -0.2) is 0 Å². The molecule has 0 aliphatic heterocycles. The van der Waals surface area contributed by atoms with Crippen molar-refractivity contribution in [3.8, 4) is 11.5 Å². The molecule has 2 rings (SSSR count). The maximum atomic E-state index is 5.71. The first kappa shape index (κ1) is 12.3. The van der Waals surface area contributed by atoms with E-state index in [2.05, 4.69) is 5.32 Å². The van der Waals surface area contributed by atoms with Gasteiger partial charge in [-0.15, -0.1) is 0 Å². The van der Waals surface area contributed by atoms with E-state index in [0.717, 1.165) is 22.7 Å². The Balaban J connectivity index is 1.97. The van der Waals surface area contributed by atoms with Crippen molar-refractivity contribution >= 4 is 5.69 Å². The Bertz CT molecular complexity index is 494. The zero-order chi connectivity index (χ0) is 12.8. The van der Waals surface area contributed by atoms with Crippen LogP contribution in [0.2, 0.25) is 0 Å². The van der Waals surface area contributed by atoms with Gasteiger partial charge in [0.15, 0.2) is 0 Å². The highest BCUT2D eigenvalue weighted by molar-refractivity contribution is 5.45. The van der Waals surface area contributed by atoms with Crippen LogP contribution in [0.5, 0.6) is 11.5 Å². The molecule has 0 radical (unpaired) electrons. The quantitative estimate of drug-likeness (QED) is 0.873. The van der Waals surface area contributed by atoms with Crippen molar-refractivity contribution in [1.82, 2.24) is 0 Å². The van der Waals surface area contributed by atoms with Crippen molar-refractivity contribution < 1.29 is 9.47 Å². The molecule has 0 amide bonds. The standard InChI is InChI=1S/C15H17NO2/c1-16-13-6-8-14(9-7-13)18-11-12-4-3-5-15(10-12)17-2/h3-10,16H,11H2,1-2H3. The van der Waals surface area contributed by atoms with Crippen molar-refractivity contribution in [2.45, 2.75) is 6.61 Å². The highest BCUT2D eigenvalue weighted by Crippen LogP contribution is 2.18. The summed E-state index contributed by atoms with van der Waals surface area (Å²) >= 11 is 0. The van der Waals surface area contributed by atoms with E-state index in [-0.39, 0.29) is 0 Å². The zero-order valence-corrected chi connectivity index (χ0v) is 10.6. The van der Waals surface area contributed by atoms with Gasteiger partial charge >= 0.3 is 0 Å². The third-order valence-corrected chi connectivity index (χ3v) is 2.68. The molecule has 1 N–H and O–H groups in total. The number of rotatable bonds is 5. The van der Waals surface area contributed by atoms with E-state index in [1.165, 1.54) is 0 Å². The highest BCUT2D eigenvalue weighted by atomic mass is 16.5. The predicted molar refractivity (Wildman–Crippen MR) is 73.3 cm³/mol. The molecule has 0 aliphatic rings. The first-order valence-corrected chi connectivity index (χ1v) is 5.85. The second-order valence-electron chi connectivity index (χ2n) is 3.91. The van der Waals surface area contributed by atoms with Crippen LogP contribution in [-0.2, 0) is 6.61 Å². The van der Waals surface area contributed by atoms with Gasteiger partial charge in [0.05, 0.1) is 7.11 Å². The minimum absolute atomic E-state index is 0.538. The van der Waals surface area contributed by atoms with Crippen LogP contribution in [-0.4, -0.2) is 14.2 Å². The van der Waals surface area contributed by atoms with E-state index in [4.69, 9.17) is 9.47 Å². The molecule has 18 heavy (non-hydrogen) atoms. The molecular weight excluding hydrogens is 226 g/mol. The number of anilines is 1. The van der Waals surface area contributed by atoms with Gasteiger partial charge in [0.25, 0.3) is 0 Å². The van der Waals surface area contributed by atoms with Gasteiger partial charge in [0.1, 0.15) is 18.1 Å². The minimum atomic E-state index is 0.538. The number of methoxy groups -OCH3 is 1. The Hall–Kier alpha value is -2.16. The number of hydrogen-bond acceptors (Lipinski definition) is 3. The summed E-state index contributed by atoms with van der Waals surface area (Å²) in [6.45, 7) is 0.538. The monoisotopic (exact) mass is 243 g/mol. The molecule has 0 aromatic heterocycles. The molecule has 3 heteroatoms. The van der Waals surface area contributed by atoms with Crippen molar-refractivity contribution in [3.05, 3.63) is 54.1 Å². The molecule has 0 aliphatic carbocycles.